The number of carbonyl (C=O) groups is 1. The fourth-order valence-electron chi connectivity index (χ4n) is 2.19. The highest BCUT2D eigenvalue weighted by Crippen LogP contribution is 2.34. The lowest BCUT2D eigenvalue weighted by molar-refractivity contribution is -0.112. The Labute approximate surface area is 159 Å². The molecule has 2 aromatic carbocycles. The second-order valence-corrected chi connectivity index (χ2v) is 5.50. The number of hydrogen-bond acceptors (Lipinski definition) is 4. The predicted octanol–water partition coefficient (Wildman–Crippen LogP) is 4.89. The fourth-order valence-corrected chi connectivity index (χ4v) is 2.37. The topological polar surface area (TPSA) is 71.3 Å². The van der Waals surface area contributed by atoms with Crippen LogP contribution in [0.1, 0.15) is 12.5 Å². The van der Waals surface area contributed by atoms with E-state index in [4.69, 9.17) is 16.3 Å². The Morgan fingerprint density at radius 3 is 2.67 bits per heavy atom. The maximum Gasteiger partial charge on any atom is 0.387 e. The van der Waals surface area contributed by atoms with Crippen LogP contribution in [-0.2, 0) is 4.79 Å². The van der Waals surface area contributed by atoms with Crippen molar-refractivity contribution in [2.45, 2.75) is 13.5 Å². The Kier molecular flexibility index (Phi) is 7.15. The van der Waals surface area contributed by atoms with Crippen LogP contribution in [0.4, 0.5) is 14.5 Å². The van der Waals surface area contributed by atoms with E-state index in [-0.39, 0.29) is 29.2 Å². The summed E-state index contributed by atoms with van der Waals surface area (Å²) in [6.07, 6.45) is 1.15. The first-order valence-electron chi connectivity index (χ1n) is 7.84. The number of amides is 1. The normalized spacial score (nSPS) is 11.0. The molecule has 0 spiro atoms. The highest BCUT2D eigenvalue weighted by molar-refractivity contribution is 6.34. The van der Waals surface area contributed by atoms with Crippen molar-refractivity contribution in [1.82, 2.24) is 0 Å². The van der Waals surface area contributed by atoms with Gasteiger partial charge in [-0.2, -0.15) is 14.0 Å². The minimum atomic E-state index is -3.10. The molecule has 8 heteroatoms. The maximum absolute atomic E-state index is 12.8. The molecule has 0 aromatic heterocycles. The number of anilines is 1. The molecule has 1 N–H and O–H groups in total. The van der Waals surface area contributed by atoms with Crippen LogP contribution in [0.3, 0.4) is 0 Å². The summed E-state index contributed by atoms with van der Waals surface area (Å²) >= 11 is 5.98. The molecule has 0 heterocycles. The van der Waals surface area contributed by atoms with Crippen molar-refractivity contribution in [2.24, 2.45) is 0 Å². The molecule has 2 rings (SSSR count). The summed E-state index contributed by atoms with van der Waals surface area (Å²) in [7, 11) is 0. The van der Waals surface area contributed by atoms with Crippen molar-refractivity contribution in [2.75, 3.05) is 11.9 Å². The quantitative estimate of drug-likeness (QED) is 0.538. The number of nitrogens with zero attached hydrogens (tertiary/aromatic N) is 1. The third-order valence-electron chi connectivity index (χ3n) is 3.30. The minimum Gasteiger partial charge on any atom is -0.490 e. The third kappa shape index (κ3) is 5.43. The largest absolute Gasteiger partial charge is 0.490 e. The first-order chi connectivity index (χ1) is 13.0. The van der Waals surface area contributed by atoms with Gasteiger partial charge in [0.2, 0.25) is 0 Å². The van der Waals surface area contributed by atoms with E-state index in [1.54, 1.807) is 37.3 Å². The highest BCUT2D eigenvalue weighted by Gasteiger charge is 2.17. The second-order valence-electron chi connectivity index (χ2n) is 5.09. The Hall–Kier alpha value is -3.11. The van der Waals surface area contributed by atoms with Gasteiger partial charge in [-0.25, -0.2) is 0 Å². The molecule has 0 saturated carbocycles. The van der Waals surface area contributed by atoms with E-state index < -0.39 is 12.5 Å². The van der Waals surface area contributed by atoms with Crippen LogP contribution in [0.5, 0.6) is 11.5 Å². The zero-order chi connectivity index (χ0) is 19.8. The number of nitriles is 1. The number of hydrogen-bond donors (Lipinski definition) is 1. The lowest BCUT2D eigenvalue weighted by Gasteiger charge is -2.14. The van der Waals surface area contributed by atoms with E-state index in [1.807, 2.05) is 0 Å². The Morgan fingerprint density at radius 2 is 2.04 bits per heavy atom. The molecular weight excluding hydrogens is 378 g/mol. The number of nitrogens with one attached hydrogen (secondary N) is 1. The van der Waals surface area contributed by atoms with E-state index in [1.165, 1.54) is 18.2 Å². The number of benzene rings is 2. The molecule has 0 fully saturated rings. The van der Waals surface area contributed by atoms with Crippen LogP contribution in [0, 0.1) is 11.3 Å². The van der Waals surface area contributed by atoms with Gasteiger partial charge in [0.15, 0.2) is 11.5 Å². The second kappa shape index (κ2) is 9.55. The summed E-state index contributed by atoms with van der Waals surface area (Å²) in [5, 5.41) is 12.1. The molecule has 0 aliphatic carbocycles. The van der Waals surface area contributed by atoms with Gasteiger partial charge < -0.3 is 14.8 Å². The Balaban J connectivity index is 2.39. The predicted molar refractivity (Wildman–Crippen MR) is 97.9 cm³/mol. The van der Waals surface area contributed by atoms with Crippen molar-refractivity contribution in [3.05, 3.63) is 58.6 Å². The fraction of sp³-hybridized carbons (Fsp3) is 0.158. The van der Waals surface area contributed by atoms with E-state index >= 15 is 0 Å². The zero-order valence-corrected chi connectivity index (χ0v) is 15.0. The molecule has 0 radical (unpaired) electrons. The Morgan fingerprint density at radius 1 is 1.30 bits per heavy atom. The van der Waals surface area contributed by atoms with Crippen LogP contribution in [0.25, 0.3) is 6.08 Å². The van der Waals surface area contributed by atoms with Crippen molar-refractivity contribution >= 4 is 29.3 Å². The van der Waals surface area contributed by atoms with E-state index in [0.717, 1.165) is 6.08 Å². The standard InChI is InChI=1S/C19H15ClF2N2O3/c1-2-26-16-9-5-6-12(17(16)27-19(21)22)10-13(11-23)18(25)24-15-8-4-3-7-14(15)20/h3-10,19H,2H2,1H3,(H,24,25)/b13-10+. The molecule has 0 bridgehead atoms. The number of alkyl halides is 2. The molecule has 0 aliphatic heterocycles. The summed E-state index contributed by atoms with van der Waals surface area (Å²) in [5.74, 6) is -0.918. The number of ether oxygens (including phenoxy) is 2. The van der Waals surface area contributed by atoms with Gasteiger partial charge in [-0.1, -0.05) is 35.9 Å². The molecule has 140 valence electrons. The number of halogens is 3. The molecular formula is C19H15ClF2N2O3. The molecule has 2 aromatic rings. The molecule has 1 amide bonds. The van der Waals surface area contributed by atoms with Crippen LogP contribution in [0.15, 0.2) is 48.0 Å². The smallest absolute Gasteiger partial charge is 0.387 e. The number of para-hydroxylation sites is 2. The van der Waals surface area contributed by atoms with Crippen LogP contribution in [0.2, 0.25) is 5.02 Å². The highest BCUT2D eigenvalue weighted by atomic mass is 35.5. The number of carbonyl (C=O) groups excluding carboxylic acids is 1. The monoisotopic (exact) mass is 392 g/mol. The van der Waals surface area contributed by atoms with Crippen molar-refractivity contribution in [3.63, 3.8) is 0 Å². The summed E-state index contributed by atoms with van der Waals surface area (Å²) in [4.78, 5) is 12.4. The van der Waals surface area contributed by atoms with Gasteiger partial charge in [-0.3, -0.25) is 4.79 Å². The molecule has 27 heavy (non-hydrogen) atoms. The van der Waals surface area contributed by atoms with Crippen molar-refractivity contribution < 1.29 is 23.0 Å². The zero-order valence-electron chi connectivity index (χ0n) is 14.2. The summed E-state index contributed by atoms with van der Waals surface area (Å²) in [6, 6.07) is 12.7. The van der Waals surface area contributed by atoms with Gasteiger partial charge in [0.05, 0.1) is 17.3 Å². The number of rotatable bonds is 7. The first kappa shape index (κ1) is 20.2. The van der Waals surface area contributed by atoms with Gasteiger partial charge in [0.25, 0.3) is 5.91 Å². The average molecular weight is 393 g/mol. The Bertz CT molecular complexity index is 895. The van der Waals surface area contributed by atoms with Crippen molar-refractivity contribution in [3.8, 4) is 17.6 Å². The van der Waals surface area contributed by atoms with E-state index in [0.29, 0.717) is 10.7 Å². The average Bonchev–Trinajstić information content (AvgIpc) is 2.63. The van der Waals surface area contributed by atoms with Gasteiger partial charge in [0.1, 0.15) is 11.6 Å². The van der Waals surface area contributed by atoms with Crippen molar-refractivity contribution in [1.29, 1.82) is 5.26 Å². The minimum absolute atomic E-state index is 0.0790. The van der Waals surface area contributed by atoms with Gasteiger partial charge in [-0.15, -0.1) is 0 Å². The lowest BCUT2D eigenvalue weighted by atomic mass is 10.1. The third-order valence-corrected chi connectivity index (χ3v) is 3.63. The SMILES string of the molecule is CCOc1cccc(/C=C(\C#N)C(=O)Nc2ccccc2Cl)c1OC(F)F. The van der Waals surface area contributed by atoms with Crippen LogP contribution in [-0.4, -0.2) is 19.1 Å². The van der Waals surface area contributed by atoms with Gasteiger partial charge >= 0.3 is 6.61 Å². The molecule has 0 aliphatic rings. The van der Waals surface area contributed by atoms with Crippen LogP contribution >= 0.6 is 11.6 Å². The first-order valence-corrected chi connectivity index (χ1v) is 8.22. The molecule has 0 atom stereocenters. The summed E-state index contributed by atoms with van der Waals surface area (Å²) < 4.78 is 35.3. The van der Waals surface area contributed by atoms with E-state index in [9.17, 15) is 18.8 Å². The van der Waals surface area contributed by atoms with E-state index in [2.05, 4.69) is 10.1 Å². The van der Waals surface area contributed by atoms with Crippen LogP contribution < -0.4 is 14.8 Å². The van der Waals surface area contributed by atoms with Gasteiger partial charge in [-0.05, 0) is 31.2 Å². The summed E-state index contributed by atoms with van der Waals surface area (Å²) in [5.41, 5.74) is 0.104. The van der Waals surface area contributed by atoms with Gasteiger partial charge in [0, 0.05) is 5.56 Å². The summed E-state index contributed by atoms with van der Waals surface area (Å²) in [6.45, 7) is -1.18. The lowest BCUT2D eigenvalue weighted by Crippen LogP contribution is -2.14. The molecule has 0 saturated heterocycles. The maximum atomic E-state index is 12.8. The molecule has 5 nitrogen and oxygen atoms in total. The molecule has 0 unspecified atom stereocenters.